The third-order valence-electron chi connectivity index (χ3n) is 6.22. The van der Waals surface area contributed by atoms with Crippen LogP contribution in [0.4, 0.5) is 0 Å². The van der Waals surface area contributed by atoms with Crippen LogP contribution in [0.2, 0.25) is 0 Å². The first-order chi connectivity index (χ1) is 12.5. The Bertz CT molecular complexity index is 530. The molecule has 1 atom stereocenters. The molecule has 0 aliphatic carbocycles. The normalized spacial score (nSPS) is 15.1. The molecule has 0 fully saturated rings. The summed E-state index contributed by atoms with van der Waals surface area (Å²) in [5, 5.41) is 19.9. The smallest absolute Gasteiger partial charge is 0.0891 e. The van der Waals surface area contributed by atoms with Crippen molar-refractivity contribution in [3.8, 4) is 0 Å². The van der Waals surface area contributed by atoms with Crippen LogP contribution in [0, 0.1) is 10.8 Å². The molecule has 0 unspecified atom stereocenters. The number of nitrogens with zero attached hydrogens (tertiary/aromatic N) is 3. The van der Waals surface area contributed by atoms with Crippen LogP contribution in [0.1, 0.15) is 112 Å². The highest BCUT2D eigenvalue weighted by Crippen LogP contribution is 2.40. The lowest BCUT2D eigenvalue weighted by molar-refractivity contribution is -0.0905. The van der Waals surface area contributed by atoms with Gasteiger partial charge in [0, 0.05) is 0 Å². The molecule has 0 saturated carbocycles. The molecule has 1 aromatic heterocycles. The first-order valence-corrected chi connectivity index (χ1v) is 11.1. The van der Waals surface area contributed by atoms with Crippen LogP contribution >= 0.6 is 0 Å². The SMILES string of the molecule is CCCCCCC(C)(C)[C@@](O)(CC)Cn1nncc1CCCCC(C)(C)C. The van der Waals surface area contributed by atoms with E-state index in [0.29, 0.717) is 12.0 Å². The van der Waals surface area contributed by atoms with Crippen molar-refractivity contribution in [2.45, 2.75) is 125 Å². The maximum absolute atomic E-state index is 11.5. The van der Waals surface area contributed by atoms with Gasteiger partial charge < -0.3 is 5.11 Å². The molecule has 0 amide bonds. The van der Waals surface area contributed by atoms with Gasteiger partial charge in [-0.15, -0.1) is 5.10 Å². The van der Waals surface area contributed by atoms with Gasteiger partial charge in [0.15, 0.2) is 0 Å². The number of aromatic nitrogens is 3. The summed E-state index contributed by atoms with van der Waals surface area (Å²) in [5.74, 6) is 0. The van der Waals surface area contributed by atoms with Crippen LogP contribution in [0.25, 0.3) is 0 Å². The second-order valence-electron chi connectivity index (χ2n) is 10.2. The fraction of sp³-hybridized carbons (Fsp3) is 0.913. The highest BCUT2D eigenvalue weighted by atomic mass is 16.3. The summed E-state index contributed by atoms with van der Waals surface area (Å²) in [4.78, 5) is 0. The van der Waals surface area contributed by atoms with Crippen molar-refractivity contribution < 1.29 is 5.11 Å². The fourth-order valence-corrected chi connectivity index (χ4v) is 3.85. The Morgan fingerprint density at radius 1 is 0.926 bits per heavy atom. The molecule has 1 heterocycles. The molecule has 0 spiro atoms. The van der Waals surface area contributed by atoms with E-state index < -0.39 is 5.60 Å². The van der Waals surface area contributed by atoms with E-state index in [1.807, 2.05) is 10.9 Å². The van der Waals surface area contributed by atoms with Gasteiger partial charge in [-0.05, 0) is 42.9 Å². The number of unbranched alkanes of at least 4 members (excludes halogenated alkanes) is 4. The van der Waals surface area contributed by atoms with Crippen molar-refractivity contribution in [3.63, 3.8) is 0 Å². The molecule has 0 aromatic carbocycles. The van der Waals surface area contributed by atoms with E-state index in [2.05, 4.69) is 58.8 Å². The zero-order valence-corrected chi connectivity index (χ0v) is 19.1. The second kappa shape index (κ2) is 10.6. The van der Waals surface area contributed by atoms with E-state index in [1.165, 1.54) is 38.5 Å². The first kappa shape index (κ1) is 24.1. The molecule has 4 heteroatoms. The Morgan fingerprint density at radius 2 is 1.59 bits per heavy atom. The van der Waals surface area contributed by atoms with Gasteiger partial charge in [-0.25, -0.2) is 4.68 Å². The Hall–Kier alpha value is -0.900. The summed E-state index contributed by atoms with van der Waals surface area (Å²) >= 11 is 0. The Morgan fingerprint density at radius 3 is 2.19 bits per heavy atom. The average molecular weight is 380 g/mol. The predicted octanol–water partition coefficient (Wildman–Crippen LogP) is 6.17. The summed E-state index contributed by atoms with van der Waals surface area (Å²) in [6.07, 6.45) is 13.2. The minimum absolute atomic E-state index is 0.134. The van der Waals surface area contributed by atoms with Crippen molar-refractivity contribution in [1.29, 1.82) is 0 Å². The van der Waals surface area contributed by atoms with Gasteiger partial charge in [0.2, 0.25) is 0 Å². The first-order valence-electron chi connectivity index (χ1n) is 11.1. The molecular formula is C23H45N3O. The Labute approximate surface area is 168 Å². The van der Waals surface area contributed by atoms with Crippen molar-refractivity contribution in [1.82, 2.24) is 15.0 Å². The van der Waals surface area contributed by atoms with Gasteiger partial charge in [0.05, 0.1) is 24.0 Å². The molecule has 0 bridgehead atoms. The number of rotatable bonds is 13. The monoisotopic (exact) mass is 379 g/mol. The number of aryl methyl sites for hydroxylation is 1. The zero-order chi connectivity index (χ0) is 20.6. The van der Waals surface area contributed by atoms with Gasteiger partial charge in [0.1, 0.15) is 0 Å². The summed E-state index contributed by atoms with van der Waals surface area (Å²) in [7, 11) is 0. The van der Waals surface area contributed by atoms with Gasteiger partial charge >= 0.3 is 0 Å². The molecular weight excluding hydrogens is 334 g/mol. The Kier molecular flexibility index (Phi) is 9.47. The van der Waals surface area contributed by atoms with E-state index in [0.717, 1.165) is 31.4 Å². The average Bonchev–Trinajstić information content (AvgIpc) is 3.01. The van der Waals surface area contributed by atoms with Gasteiger partial charge in [-0.3, -0.25) is 0 Å². The third kappa shape index (κ3) is 7.93. The summed E-state index contributed by atoms with van der Waals surface area (Å²) in [6, 6.07) is 0. The van der Waals surface area contributed by atoms with E-state index >= 15 is 0 Å². The topological polar surface area (TPSA) is 50.9 Å². The zero-order valence-electron chi connectivity index (χ0n) is 19.1. The van der Waals surface area contributed by atoms with Crippen molar-refractivity contribution in [2.24, 2.45) is 10.8 Å². The van der Waals surface area contributed by atoms with Gasteiger partial charge in [-0.2, -0.15) is 0 Å². The molecule has 0 saturated heterocycles. The van der Waals surface area contributed by atoms with E-state index in [4.69, 9.17) is 0 Å². The highest BCUT2D eigenvalue weighted by molar-refractivity contribution is 4.99. The molecule has 1 N–H and O–H groups in total. The molecule has 1 rings (SSSR count). The Balaban J connectivity index is 2.69. The maximum atomic E-state index is 11.5. The van der Waals surface area contributed by atoms with Crippen LogP contribution < -0.4 is 0 Å². The van der Waals surface area contributed by atoms with Crippen molar-refractivity contribution in [2.75, 3.05) is 0 Å². The minimum atomic E-state index is -0.757. The van der Waals surface area contributed by atoms with Crippen LogP contribution in [0.3, 0.4) is 0 Å². The van der Waals surface area contributed by atoms with E-state index in [1.54, 1.807) is 0 Å². The van der Waals surface area contributed by atoms with E-state index in [9.17, 15) is 5.11 Å². The summed E-state index contributed by atoms with van der Waals surface area (Å²) in [5.41, 5.74) is 0.651. The van der Waals surface area contributed by atoms with Gasteiger partial charge in [0.25, 0.3) is 0 Å². The molecule has 158 valence electrons. The third-order valence-corrected chi connectivity index (χ3v) is 6.22. The van der Waals surface area contributed by atoms with Crippen molar-refractivity contribution in [3.05, 3.63) is 11.9 Å². The lowest BCUT2D eigenvalue weighted by Crippen LogP contribution is -2.48. The number of aliphatic hydroxyl groups is 1. The molecule has 0 aliphatic rings. The quantitative estimate of drug-likeness (QED) is 0.417. The largest absolute Gasteiger partial charge is 0.387 e. The van der Waals surface area contributed by atoms with Gasteiger partial charge in [-0.1, -0.05) is 85.8 Å². The van der Waals surface area contributed by atoms with Crippen LogP contribution in [-0.4, -0.2) is 25.7 Å². The van der Waals surface area contributed by atoms with Crippen LogP contribution in [0.5, 0.6) is 0 Å². The molecule has 1 aromatic rings. The highest BCUT2D eigenvalue weighted by Gasteiger charge is 2.42. The fourth-order valence-electron chi connectivity index (χ4n) is 3.85. The second-order valence-corrected chi connectivity index (χ2v) is 10.2. The van der Waals surface area contributed by atoms with E-state index in [-0.39, 0.29) is 5.41 Å². The predicted molar refractivity (Wildman–Crippen MR) is 115 cm³/mol. The molecule has 4 nitrogen and oxygen atoms in total. The number of hydrogen-bond acceptors (Lipinski definition) is 3. The molecule has 27 heavy (non-hydrogen) atoms. The lowest BCUT2D eigenvalue weighted by Gasteiger charge is -2.42. The molecule has 0 radical (unpaired) electrons. The maximum Gasteiger partial charge on any atom is 0.0891 e. The number of hydrogen-bond donors (Lipinski definition) is 1. The lowest BCUT2D eigenvalue weighted by atomic mass is 9.70. The summed E-state index contributed by atoms with van der Waals surface area (Å²) < 4.78 is 1.95. The molecule has 0 aliphatic heterocycles. The summed E-state index contributed by atoms with van der Waals surface area (Å²) in [6.45, 7) is 16.2. The minimum Gasteiger partial charge on any atom is -0.387 e. The van der Waals surface area contributed by atoms with Crippen LogP contribution in [0.15, 0.2) is 6.20 Å². The van der Waals surface area contributed by atoms with Crippen LogP contribution in [-0.2, 0) is 13.0 Å². The standard InChI is InChI=1S/C23H45N3O/c1-8-10-11-13-17-22(6,7)23(27,9-2)19-26-20(18-24-25-26)15-12-14-16-21(3,4)5/h18,27H,8-17,19H2,1-7H3/t23-/m1/s1. The van der Waals surface area contributed by atoms with Crippen molar-refractivity contribution >= 4 is 0 Å².